The van der Waals surface area contributed by atoms with E-state index in [9.17, 15) is 8.76 Å². The molecule has 0 aliphatic rings. The van der Waals surface area contributed by atoms with Gasteiger partial charge in [0.1, 0.15) is 0 Å². The standard InChI is InChI=1S/C4H8O3S/c1-2-7-3-4-8(5)6/h2H,1,3-4H2,(H,5,6)/p-1. The lowest BCUT2D eigenvalue weighted by molar-refractivity contribution is 0.271. The summed E-state index contributed by atoms with van der Waals surface area (Å²) in [6.45, 7) is 3.43. The maximum Gasteiger partial charge on any atom is 0.0977 e. The third-order valence-electron chi connectivity index (χ3n) is 0.486. The summed E-state index contributed by atoms with van der Waals surface area (Å²) in [4.78, 5) is 0. The molecule has 0 saturated heterocycles. The zero-order chi connectivity index (χ0) is 6.41. The smallest absolute Gasteiger partial charge is 0.0977 e. The van der Waals surface area contributed by atoms with Crippen LogP contribution in [0.2, 0.25) is 0 Å². The van der Waals surface area contributed by atoms with Crippen LogP contribution in [-0.2, 0) is 15.8 Å². The second-order valence-electron chi connectivity index (χ2n) is 1.05. The van der Waals surface area contributed by atoms with Crippen LogP contribution in [-0.4, -0.2) is 21.1 Å². The van der Waals surface area contributed by atoms with E-state index in [2.05, 4.69) is 11.3 Å². The van der Waals surface area contributed by atoms with Gasteiger partial charge in [-0.25, -0.2) is 0 Å². The van der Waals surface area contributed by atoms with Gasteiger partial charge in [0.2, 0.25) is 0 Å². The van der Waals surface area contributed by atoms with E-state index >= 15 is 0 Å². The fourth-order valence-corrected chi connectivity index (χ4v) is 0.432. The van der Waals surface area contributed by atoms with Crippen molar-refractivity contribution in [1.82, 2.24) is 0 Å². The fourth-order valence-electron chi connectivity index (χ4n) is 0.199. The van der Waals surface area contributed by atoms with Gasteiger partial charge in [-0.3, -0.25) is 4.21 Å². The van der Waals surface area contributed by atoms with E-state index in [-0.39, 0.29) is 12.4 Å². The van der Waals surface area contributed by atoms with Gasteiger partial charge >= 0.3 is 0 Å². The Morgan fingerprint density at radius 3 is 2.88 bits per heavy atom. The topological polar surface area (TPSA) is 49.4 Å². The quantitative estimate of drug-likeness (QED) is 0.310. The lowest BCUT2D eigenvalue weighted by atomic mass is 10.8. The van der Waals surface area contributed by atoms with Gasteiger partial charge in [-0.2, -0.15) is 0 Å². The first-order valence-corrected chi connectivity index (χ1v) is 3.30. The molecular weight excluding hydrogens is 128 g/mol. The van der Waals surface area contributed by atoms with Crippen LogP contribution in [0.5, 0.6) is 0 Å². The molecule has 0 amide bonds. The molecule has 0 aromatic heterocycles. The average molecular weight is 135 g/mol. The van der Waals surface area contributed by atoms with Crippen LogP contribution in [0.1, 0.15) is 0 Å². The van der Waals surface area contributed by atoms with Gasteiger partial charge in [-0.15, -0.1) is 0 Å². The van der Waals surface area contributed by atoms with Crippen molar-refractivity contribution in [3.8, 4) is 0 Å². The predicted octanol–water partition coefficient (Wildman–Crippen LogP) is 0.0256. The Bertz CT molecular complexity index is 91.3. The molecule has 1 atom stereocenters. The molecule has 0 spiro atoms. The van der Waals surface area contributed by atoms with Gasteiger partial charge in [0.25, 0.3) is 0 Å². The van der Waals surface area contributed by atoms with Crippen molar-refractivity contribution in [3.63, 3.8) is 0 Å². The molecule has 1 unspecified atom stereocenters. The monoisotopic (exact) mass is 135 g/mol. The molecular formula is C4H7O3S-. The molecule has 0 saturated carbocycles. The van der Waals surface area contributed by atoms with E-state index in [4.69, 9.17) is 0 Å². The maximum absolute atomic E-state index is 9.76. The Morgan fingerprint density at radius 2 is 2.50 bits per heavy atom. The number of ether oxygens (including phenoxy) is 1. The number of hydrogen-bond donors (Lipinski definition) is 0. The summed E-state index contributed by atoms with van der Waals surface area (Å²) in [5.74, 6) is 0.0337. The second-order valence-corrected chi connectivity index (χ2v) is 2.06. The molecule has 0 aromatic rings. The van der Waals surface area contributed by atoms with E-state index in [0.29, 0.717) is 0 Å². The Morgan fingerprint density at radius 1 is 1.88 bits per heavy atom. The van der Waals surface area contributed by atoms with E-state index in [1.165, 1.54) is 6.26 Å². The van der Waals surface area contributed by atoms with Gasteiger partial charge in [-0.1, -0.05) is 17.7 Å². The number of hydrogen-bond acceptors (Lipinski definition) is 3. The molecule has 4 heteroatoms. The van der Waals surface area contributed by atoms with Crippen LogP contribution in [0.15, 0.2) is 12.8 Å². The molecule has 0 bridgehead atoms. The molecule has 0 fully saturated rings. The molecule has 0 radical (unpaired) electrons. The fraction of sp³-hybridized carbons (Fsp3) is 0.500. The minimum absolute atomic E-state index is 0.0337. The summed E-state index contributed by atoms with van der Waals surface area (Å²) in [5, 5.41) is 0. The van der Waals surface area contributed by atoms with E-state index < -0.39 is 11.1 Å². The first-order chi connectivity index (χ1) is 3.77. The Kier molecular flexibility index (Phi) is 4.59. The van der Waals surface area contributed by atoms with Crippen molar-refractivity contribution in [2.24, 2.45) is 0 Å². The summed E-state index contributed by atoms with van der Waals surface area (Å²) in [7, 11) is 0. The van der Waals surface area contributed by atoms with Crippen LogP contribution < -0.4 is 0 Å². The van der Waals surface area contributed by atoms with E-state index in [1.54, 1.807) is 0 Å². The van der Waals surface area contributed by atoms with Gasteiger partial charge in [0, 0.05) is 5.75 Å². The minimum Gasteiger partial charge on any atom is -0.772 e. The predicted molar refractivity (Wildman–Crippen MR) is 29.9 cm³/mol. The van der Waals surface area contributed by atoms with Crippen molar-refractivity contribution in [1.29, 1.82) is 0 Å². The highest BCUT2D eigenvalue weighted by atomic mass is 32.2. The number of rotatable bonds is 4. The third-order valence-corrected chi connectivity index (χ3v) is 0.986. The zero-order valence-electron chi connectivity index (χ0n) is 4.33. The first-order valence-electron chi connectivity index (χ1n) is 2.05. The molecule has 0 aliphatic heterocycles. The van der Waals surface area contributed by atoms with Gasteiger partial charge in [-0.05, 0) is 0 Å². The minimum atomic E-state index is -1.99. The average Bonchev–Trinajstić information content (AvgIpc) is 1.66. The van der Waals surface area contributed by atoms with Crippen LogP contribution in [0, 0.1) is 0 Å². The van der Waals surface area contributed by atoms with Crippen molar-refractivity contribution < 1.29 is 13.5 Å². The van der Waals surface area contributed by atoms with Gasteiger partial charge in [0.15, 0.2) is 0 Å². The molecule has 0 heterocycles. The highest BCUT2D eigenvalue weighted by Gasteiger charge is 1.80. The van der Waals surface area contributed by atoms with Crippen LogP contribution in [0.4, 0.5) is 0 Å². The molecule has 0 aromatic carbocycles. The van der Waals surface area contributed by atoms with Gasteiger partial charge in [0.05, 0.1) is 12.9 Å². The highest BCUT2D eigenvalue weighted by molar-refractivity contribution is 7.79. The van der Waals surface area contributed by atoms with Crippen molar-refractivity contribution in [2.45, 2.75) is 0 Å². The summed E-state index contributed by atoms with van der Waals surface area (Å²) >= 11 is -1.99. The van der Waals surface area contributed by atoms with Crippen molar-refractivity contribution in [3.05, 3.63) is 12.8 Å². The SMILES string of the molecule is C=COCCS(=O)[O-]. The molecule has 48 valence electrons. The summed E-state index contributed by atoms with van der Waals surface area (Å²) in [6, 6.07) is 0. The first kappa shape index (κ1) is 7.65. The van der Waals surface area contributed by atoms with Crippen LogP contribution in [0.3, 0.4) is 0 Å². The Balaban J connectivity index is 2.93. The second kappa shape index (κ2) is 4.80. The van der Waals surface area contributed by atoms with Gasteiger partial charge < -0.3 is 9.29 Å². The summed E-state index contributed by atoms with van der Waals surface area (Å²) in [5.41, 5.74) is 0. The van der Waals surface area contributed by atoms with Crippen LogP contribution >= 0.6 is 0 Å². The lowest BCUT2D eigenvalue weighted by Gasteiger charge is -2.02. The summed E-state index contributed by atoms with van der Waals surface area (Å²) in [6.07, 6.45) is 1.22. The molecule has 8 heavy (non-hydrogen) atoms. The van der Waals surface area contributed by atoms with Crippen LogP contribution in [0.25, 0.3) is 0 Å². The molecule has 0 rings (SSSR count). The molecule has 0 aliphatic carbocycles. The maximum atomic E-state index is 9.76. The molecule has 0 N–H and O–H groups in total. The molecule has 3 nitrogen and oxygen atoms in total. The lowest BCUT2D eigenvalue weighted by Crippen LogP contribution is -2.01. The van der Waals surface area contributed by atoms with E-state index in [0.717, 1.165) is 0 Å². The normalized spacial score (nSPS) is 12.6. The Hall–Kier alpha value is -0.350. The van der Waals surface area contributed by atoms with Crippen molar-refractivity contribution >= 4 is 11.1 Å². The Labute approximate surface area is 50.6 Å². The largest absolute Gasteiger partial charge is 0.772 e. The summed E-state index contributed by atoms with van der Waals surface area (Å²) < 4.78 is 24.0. The third kappa shape index (κ3) is 5.65. The highest BCUT2D eigenvalue weighted by Crippen LogP contribution is 1.76. The zero-order valence-corrected chi connectivity index (χ0v) is 5.15. The van der Waals surface area contributed by atoms with Crippen molar-refractivity contribution in [2.75, 3.05) is 12.4 Å². The van der Waals surface area contributed by atoms with E-state index in [1.807, 2.05) is 0 Å².